The minimum Gasteiger partial charge on any atom is -0.263 e. The van der Waals surface area contributed by atoms with Gasteiger partial charge in [0.1, 0.15) is 0 Å². The van der Waals surface area contributed by atoms with Crippen LogP contribution in [0.1, 0.15) is 12.0 Å². The first-order valence-electron chi connectivity index (χ1n) is 3.88. The molecule has 0 saturated heterocycles. The lowest BCUT2D eigenvalue weighted by Gasteiger charge is -1.98. The molecule has 0 amide bonds. The van der Waals surface area contributed by atoms with E-state index in [1.165, 1.54) is 12.4 Å². The zero-order chi connectivity index (χ0) is 10.6. The average Bonchev–Trinajstić information content (AvgIpc) is 2.14. The molecule has 0 aliphatic heterocycles. The molecule has 0 aliphatic rings. The average molecular weight is 222 g/mol. The molecule has 0 aromatic carbocycles. The standard InChI is InChI=1S/C9H7ClF3N/c10-7-3-6(4-14-5-7)1-2-8(11)9(12)13/h3-5H,1-2H2. The van der Waals surface area contributed by atoms with Crippen LogP contribution in [0.25, 0.3) is 0 Å². The summed E-state index contributed by atoms with van der Waals surface area (Å²) in [5.41, 5.74) is 0.633. The van der Waals surface area contributed by atoms with Crippen molar-refractivity contribution in [3.8, 4) is 0 Å². The summed E-state index contributed by atoms with van der Waals surface area (Å²) in [7, 11) is 0. The second-order valence-electron chi connectivity index (χ2n) is 2.68. The summed E-state index contributed by atoms with van der Waals surface area (Å²) in [6, 6.07) is 1.57. The topological polar surface area (TPSA) is 12.9 Å². The molecule has 0 bridgehead atoms. The van der Waals surface area contributed by atoms with E-state index in [0.717, 1.165) is 0 Å². The highest BCUT2D eigenvalue weighted by Crippen LogP contribution is 2.17. The van der Waals surface area contributed by atoms with Gasteiger partial charge in [0.2, 0.25) is 0 Å². The minimum atomic E-state index is -2.26. The van der Waals surface area contributed by atoms with Gasteiger partial charge in [-0.25, -0.2) is 4.39 Å². The molecule has 0 radical (unpaired) electrons. The smallest absolute Gasteiger partial charge is 0.263 e. The summed E-state index contributed by atoms with van der Waals surface area (Å²) < 4.78 is 35.7. The zero-order valence-electron chi connectivity index (χ0n) is 7.11. The maximum Gasteiger partial charge on any atom is 0.301 e. The van der Waals surface area contributed by atoms with E-state index in [4.69, 9.17) is 11.6 Å². The molecule has 0 spiro atoms. The van der Waals surface area contributed by atoms with Crippen molar-refractivity contribution in [3.05, 3.63) is 41.0 Å². The Balaban J connectivity index is 2.59. The second-order valence-corrected chi connectivity index (χ2v) is 3.11. The maximum absolute atomic E-state index is 12.4. The number of rotatable bonds is 3. The molecule has 1 rings (SSSR count). The number of pyridine rings is 1. The van der Waals surface area contributed by atoms with Crippen molar-refractivity contribution in [3.63, 3.8) is 0 Å². The number of nitrogens with zero attached hydrogens (tertiary/aromatic N) is 1. The number of aryl methyl sites for hydroxylation is 1. The van der Waals surface area contributed by atoms with Gasteiger partial charge in [-0.15, -0.1) is 0 Å². The Hall–Kier alpha value is -1.03. The summed E-state index contributed by atoms with van der Waals surface area (Å²) >= 11 is 5.61. The van der Waals surface area contributed by atoms with E-state index < -0.39 is 11.9 Å². The molecular formula is C9H7ClF3N. The number of aromatic nitrogens is 1. The fourth-order valence-corrected chi connectivity index (χ4v) is 1.14. The van der Waals surface area contributed by atoms with Crippen LogP contribution in [0.5, 0.6) is 0 Å². The van der Waals surface area contributed by atoms with Gasteiger partial charge >= 0.3 is 6.08 Å². The van der Waals surface area contributed by atoms with Gasteiger partial charge in [0.05, 0.1) is 5.02 Å². The Kier molecular flexibility index (Phi) is 3.95. The van der Waals surface area contributed by atoms with Crippen molar-refractivity contribution >= 4 is 11.6 Å². The summed E-state index contributed by atoms with van der Waals surface area (Å²) in [6.45, 7) is 0. The molecule has 1 aromatic heterocycles. The molecule has 0 atom stereocenters. The Labute approximate surface area is 84.2 Å². The van der Waals surface area contributed by atoms with Crippen molar-refractivity contribution < 1.29 is 13.2 Å². The van der Waals surface area contributed by atoms with Gasteiger partial charge in [0.25, 0.3) is 0 Å². The lowest BCUT2D eigenvalue weighted by atomic mass is 10.1. The minimum absolute atomic E-state index is 0.163. The van der Waals surface area contributed by atoms with E-state index >= 15 is 0 Å². The van der Waals surface area contributed by atoms with Crippen molar-refractivity contribution in [1.82, 2.24) is 4.98 Å². The summed E-state index contributed by atoms with van der Waals surface area (Å²) in [6.07, 6.45) is 0.462. The Morgan fingerprint density at radius 1 is 1.29 bits per heavy atom. The highest BCUT2D eigenvalue weighted by atomic mass is 35.5. The van der Waals surface area contributed by atoms with Crippen LogP contribution in [0.4, 0.5) is 13.2 Å². The quantitative estimate of drug-likeness (QED) is 0.758. The molecule has 76 valence electrons. The van der Waals surface area contributed by atoms with Gasteiger partial charge in [0.15, 0.2) is 5.83 Å². The highest BCUT2D eigenvalue weighted by molar-refractivity contribution is 6.30. The Morgan fingerprint density at radius 2 is 2.00 bits per heavy atom. The van der Waals surface area contributed by atoms with Gasteiger partial charge < -0.3 is 0 Å². The van der Waals surface area contributed by atoms with Gasteiger partial charge in [-0.05, 0) is 18.1 Å². The van der Waals surface area contributed by atoms with Crippen molar-refractivity contribution in [2.24, 2.45) is 0 Å². The lowest BCUT2D eigenvalue weighted by molar-refractivity contribution is 0.370. The molecule has 0 saturated carbocycles. The van der Waals surface area contributed by atoms with E-state index in [0.29, 0.717) is 10.6 Å². The largest absolute Gasteiger partial charge is 0.301 e. The van der Waals surface area contributed by atoms with Crippen LogP contribution < -0.4 is 0 Å². The number of hydrogen-bond acceptors (Lipinski definition) is 1. The van der Waals surface area contributed by atoms with Gasteiger partial charge in [-0.2, -0.15) is 8.78 Å². The van der Waals surface area contributed by atoms with Gasteiger partial charge in [-0.1, -0.05) is 11.6 Å². The maximum atomic E-state index is 12.4. The molecule has 1 aromatic rings. The highest BCUT2D eigenvalue weighted by Gasteiger charge is 2.05. The molecule has 0 unspecified atom stereocenters. The third kappa shape index (κ3) is 3.38. The second kappa shape index (κ2) is 5.00. The third-order valence-corrected chi connectivity index (χ3v) is 1.81. The Morgan fingerprint density at radius 3 is 2.57 bits per heavy atom. The normalized spacial score (nSPS) is 10.0. The van der Waals surface area contributed by atoms with Crippen LogP contribution in [0.2, 0.25) is 5.02 Å². The van der Waals surface area contributed by atoms with E-state index in [9.17, 15) is 13.2 Å². The van der Waals surface area contributed by atoms with Gasteiger partial charge in [-0.3, -0.25) is 4.98 Å². The number of allylic oxidation sites excluding steroid dienone is 1. The van der Waals surface area contributed by atoms with Crippen LogP contribution >= 0.6 is 11.6 Å². The van der Waals surface area contributed by atoms with Crippen LogP contribution in [-0.2, 0) is 6.42 Å². The summed E-state index contributed by atoms with van der Waals surface area (Å²) in [4.78, 5) is 3.75. The first-order chi connectivity index (χ1) is 6.59. The Bertz CT molecular complexity index is 348. The number of hydrogen-bond donors (Lipinski definition) is 0. The SMILES string of the molecule is FC(F)=C(F)CCc1cncc(Cl)c1. The molecule has 1 nitrogen and oxygen atoms in total. The lowest BCUT2D eigenvalue weighted by Crippen LogP contribution is -1.88. The third-order valence-electron chi connectivity index (χ3n) is 1.60. The van der Waals surface area contributed by atoms with Crippen LogP contribution in [0.15, 0.2) is 30.4 Å². The molecular weight excluding hydrogens is 215 g/mol. The molecule has 14 heavy (non-hydrogen) atoms. The van der Waals surface area contributed by atoms with Crippen LogP contribution in [0, 0.1) is 0 Å². The predicted molar refractivity (Wildman–Crippen MR) is 47.9 cm³/mol. The molecule has 0 N–H and O–H groups in total. The predicted octanol–water partition coefficient (Wildman–Crippen LogP) is 3.75. The molecule has 0 aliphatic carbocycles. The first-order valence-corrected chi connectivity index (χ1v) is 4.26. The van der Waals surface area contributed by atoms with Crippen molar-refractivity contribution in [2.75, 3.05) is 0 Å². The first kappa shape index (κ1) is 11.0. The van der Waals surface area contributed by atoms with Gasteiger partial charge in [0, 0.05) is 18.8 Å². The molecule has 0 fully saturated rings. The van der Waals surface area contributed by atoms with E-state index in [1.807, 2.05) is 0 Å². The zero-order valence-corrected chi connectivity index (χ0v) is 7.86. The fraction of sp³-hybridized carbons (Fsp3) is 0.222. The van der Waals surface area contributed by atoms with Crippen LogP contribution in [0.3, 0.4) is 0 Å². The molecule has 5 heteroatoms. The summed E-state index contributed by atoms with van der Waals surface area (Å²) in [5.74, 6) is -1.38. The van der Waals surface area contributed by atoms with Crippen molar-refractivity contribution in [1.29, 1.82) is 0 Å². The number of halogens is 4. The van der Waals surface area contributed by atoms with E-state index in [1.54, 1.807) is 6.07 Å². The van der Waals surface area contributed by atoms with E-state index in [-0.39, 0.29) is 12.8 Å². The van der Waals surface area contributed by atoms with Crippen LogP contribution in [-0.4, -0.2) is 4.98 Å². The van der Waals surface area contributed by atoms with Crippen molar-refractivity contribution in [2.45, 2.75) is 12.8 Å². The fourth-order valence-electron chi connectivity index (χ4n) is 0.941. The summed E-state index contributed by atoms with van der Waals surface area (Å²) in [5, 5.41) is 0.410. The van der Waals surface area contributed by atoms with E-state index in [2.05, 4.69) is 4.98 Å². The monoisotopic (exact) mass is 221 g/mol. The molecule has 1 heterocycles.